The fraction of sp³-hybridized carbons (Fsp3) is 0.308. The summed E-state index contributed by atoms with van der Waals surface area (Å²) in [6, 6.07) is 2.00. The second kappa shape index (κ2) is 4.49. The van der Waals surface area contributed by atoms with Gasteiger partial charge in [-0.05, 0) is 31.3 Å². The van der Waals surface area contributed by atoms with Crippen molar-refractivity contribution in [3.63, 3.8) is 0 Å². The van der Waals surface area contributed by atoms with Gasteiger partial charge >= 0.3 is 0 Å². The summed E-state index contributed by atoms with van der Waals surface area (Å²) in [6.45, 7) is 0.914. The van der Waals surface area contributed by atoms with Crippen molar-refractivity contribution in [1.82, 2.24) is 9.88 Å². The molecule has 0 spiro atoms. The number of rotatable bonds is 3. The van der Waals surface area contributed by atoms with E-state index in [-0.39, 0.29) is 0 Å². The topological polar surface area (TPSA) is 25.4 Å². The number of fused-ring (bicyclic) bond motifs is 1. The molecular weight excluding hydrogens is 200 g/mol. The lowest BCUT2D eigenvalue weighted by atomic mass is 10.1. The van der Waals surface area contributed by atoms with E-state index in [1.807, 2.05) is 6.07 Å². The van der Waals surface area contributed by atoms with Crippen LogP contribution in [0.15, 0.2) is 24.4 Å². The monoisotopic (exact) mass is 216 g/mol. The molecule has 16 heavy (non-hydrogen) atoms. The standard InChI is InChI=1S/C13H16N2O/c1-15(2)9-7-11-5-4-10-6-8-14-13(16-3)12(10)11/h4-8H,9H2,1-3H3/b11-7+. The molecule has 0 amide bonds. The minimum absolute atomic E-state index is 0.701. The Morgan fingerprint density at radius 3 is 2.88 bits per heavy atom. The maximum atomic E-state index is 5.29. The number of hydrogen-bond donors (Lipinski definition) is 0. The van der Waals surface area contributed by atoms with Gasteiger partial charge in [0.05, 0.1) is 12.7 Å². The number of allylic oxidation sites excluding steroid dienone is 2. The van der Waals surface area contributed by atoms with Crippen molar-refractivity contribution in [3.8, 4) is 5.88 Å². The molecule has 0 saturated carbocycles. The van der Waals surface area contributed by atoms with Gasteiger partial charge in [-0.2, -0.15) is 0 Å². The Labute approximate surface area is 96.1 Å². The molecule has 0 aromatic carbocycles. The molecule has 1 aromatic rings. The van der Waals surface area contributed by atoms with Crippen molar-refractivity contribution in [2.24, 2.45) is 0 Å². The summed E-state index contributed by atoms with van der Waals surface area (Å²) in [4.78, 5) is 6.36. The van der Waals surface area contributed by atoms with Crippen LogP contribution in [-0.2, 0) is 0 Å². The fourth-order valence-electron chi connectivity index (χ4n) is 1.75. The average molecular weight is 216 g/mol. The first-order chi connectivity index (χ1) is 7.72. The van der Waals surface area contributed by atoms with E-state index in [1.54, 1.807) is 13.3 Å². The van der Waals surface area contributed by atoms with Crippen LogP contribution < -0.4 is 4.74 Å². The highest BCUT2D eigenvalue weighted by Gasteiger charge is 2.16. The van der Waals surface area contributed by atoms with E-state index < -0.39 is 0 Å². The van der Waals surface area contributed by atoms with E-state index in [4.69, 9.17) is 4.74 Å². The van der Waals surface area contributed by atoms with Crippen molar-refractivity contribution in [2.75, 3.05) is 27.7 Å². The summed E-state index contributed by atoms with van der Waals surface area (Å²) >= 11 is 0. The van der Waals surface area contributed by atoms with Crippen LogP contribution in [0.25, 0.3) is 11.6 Å². The van der Waals surface area contributed by atoms with Crippen LogP contribution in [-0.4, -0.2) is 37.6 Å². The van der Waals surface area contributed by atoms with Crippen LogP contribution >= 0.6 is 0 Å². The first-order valence-corrected chi connectivity index (χ1v) is 5.28. The second-order valence-corrected chi connectivity index (χ2v) is 4.04. The van der Waals surface area contributed by atoms with Crippen LogP contribution in [0, 0.1) is 0 Å². The zero-order valence-corrected chi connectivity index (χ0v) is 9.90. The minimum Gasteiger partial charge on any atom is -0.481 e. The number of likely N-dealkylation sites (N-methyl/N-ethyl adjacent to an activating group) is 1. The third kappa shape index (κ3) is 1.99. The zero-order valence-electron chi connectivity index (χ0n) is 9.90. The van der Waals surface area contributed by atoms with Gasteiger partial charge < -0.3 is 9.64 Å². The summed E-state index contributed by atoms with van der Waals surface area (Å²) in [5.41, 5.74) is 3.47. The lowest BCUT2D eigenvalue weighted by Gasteiger charge is -2.09. The molecule has 0 fully saturated rings. The van der Waals surface area contributed by atoms with Gasteiger partial charge in [0.25, 0.3) is 0 Å². The van der Waals surface area contributed by atoms with Crippen LogP contribution in [0.1, 0.15) is 11.1 Å². The molecule has 84 valence electrons. The number of ether oxygens (including phenoxy) is 1. The van der Waals surface area contributed by atoms with E-state index >= 15 is 0 Å². The lowest BCUT2D eigenvalue weighted by Crippen LogP contribution is -2.10. The maximum Gasteiger partial charge on any atom is 0.221 e. The van der Waals surface area contributed by atoms with E-state index in [1.165, 1.54) is 11.1 Å². The third-order valence-electron chi connectivity index (χ3n) is 2.55. The molecular formula is C13H16N2O. The van der Waals surface area contributed by atoms with Gasteiger partial charge in [0.15, 0.2) is 0 Å². The quantitative estimate of drug-likeness (QED) is 0.773. The molecule has 0 bridgehead atoms. The molecule has 0 radical (unpaired) electrons. The molecule has 0 aliphatic heterocycles. The van der Waals surface area contributed by atoms with E-state index in [0.717, 1.165) is 12.1 Å². The second-order valence-electron chi connectivity index (χ2n) is 4.04. The molecule has 1 aliphatic rings. The summed E-state index contributed by atoms with van der Waals surface area (Å²) in [5, 5.41) is 0. The van der Waals surface area contributed by atoms with Crippen LogP contribution in [0.3, 0.4) is 0 Å². The highest BCUT2D eigenvalue weighted by molar-refractivity contribution is 5.91. The number of methoxy groups -OCH3 is 1. The Morgan fingerprint density at radius 2 is 2.19 bits per heavy atom. The molecule has 0 unspecified atom stereocenters. The predicted molar refractivity (Wildman–Crippen MR) is 66.4 cm³/mol. The Kier molecular flexibility index (Phi) is 3.06. The van der Waals surface area contributed by atoms with Gasteiger partial charge in [-0.1, -0.05) is 18.2 Å². The first kappa shape index (κ1) is 10.9. The lowest BCUT2D eigenvalue weighted by molar-refractivity contribution is 0.396. The smallest absolute Gasteiger partial charge is 0.221 e. The summed E-state index contributed by atoms with van der Waals surface area (Å²) in [5.74, 6) is 0.701. The van der Waals surface area contributed by atoms with E-state index in [2.05, 4.69) is 42.2 Å². The molecule has 0 N–H and O–H groups in total. The first-order valence-electron chi connectivity index (χ1n) is 5.28. The van der Waals surface area contributed by atoms with Crippen LogP contribution in [0.2, 0.25) is 0 Å². The highest BCUT2D eigenvalue weighted by Crippen LogP contribution is 2.34. The van der Waals surface area contributed by atoms with E-state index in [0.29, 0.717) is 5.88 Å². The molecule has 1 heterocycles. The fourth-order valence-corrected chi connectivity index (χ4v) is 1.75. The third-order valence-corrected chi connectivity index (χ3v) is 2.55. The van der Waals surface area contributed by atoms with E-state index in [9.17, 15) is 0 Å². The molecule has 2 rings (SSSR count). The van der Waals surface area contributed by atoms with Crippen molar-refractivity contribution < 1.29 is 4.74 Å². The Morgan fingerprint density at radius 1 is 1.38 bits per heavy atom. The van der Waals surface area contributed by atoms with Gasteiger partial charge in [0.2, 0.25) is 5.88 Å². The average Bonchev–Trinajstić information content (AvgIpc) is 2.69. The molecule has 3 nitrogen and oxygen atoms in total. The van der Waals surface area contributed by atoms with Gasteiger partial charge in [0.1, 0.15) is 0 Å². The predicted octanol–water partition coefficient (Wildman–Crippen LogP) is 2.06. The summed E-state index contributed by atoms with van der Waals surface area (Å²) in [6.07, 6.45) is 8.17. The number of hydrogen-bond acceptors (Lipinski definition) is 3. The normalized spacial score (nSPS) is 15.9. The highest BCUT2D eigenvalue weighted by atomic mass is 16.5. The van der Waals surface area contributed by atoms with Crippen LogP contribution in [0.4, 0.5) is 0 Å². The van der Waals surface area contributed by atoms with Gasteiger partial charge in [-0.15, -0.1) is 0 Å². The number of pyridine rings is 1. The van der Waals surface area contributed by atoms with Crippen molar-refractivity contribution >= 4 is 11.6 Å². The number of aromatic nitrogens is 1. The SMILES string of the molecule is COc1nccc2c1/C(=C/CN(C)C)C=C2. The summed E-state index contributed by atoms with van der Waals surface area (Å²) in [7, 11) is 5.76. The Bertz CT molecular complexity index is 447. The molecule has 1 aromatic heterocycles. The maximum absolute atomic E-state index is 5.29. The van der Waals surface area contributed by atoms with Crippen molar-refractivity contribution in [1.29, 1.82) is 0 Å². The van der Waals surface area contributed by atoms with Gasteiger partial charge in [0, 0.05) is 12.7 Å². The zero-order chi connectivity index (χ0) is 11.5. The molecule has 3 heteroatoms. The molecule has 1 aliphatic carbocycles. The van der Waals surface area contributed by atoms with Gasteiger partial charge in [-0.25, -0.2) is 4.98 Å². The van der Waals surface area contributed by atoms with Gasteiger partial charge in [-0.3, -0.25) is 0 Å². The number of nitrogens with zero attached hydrogens (tertiary/aromatic N) is 2. The van der Waals surface area contributed by atoms with Crippen molar-refractivity contribution in [2.45, 2.75) is 0 Å². The Hall–Kier alpha value is -1.61. The largest absolute Gasteiger partial charge is 0.481 e. The minimum atomic E-state index is 0.701. The molecule has 0 saturated heterocycles. The van der Waals surface area contributed by atoms with Crippen LogP contribution in [0.5, 0.6) is 5.88 Å². The Balaban J connectivity index is 2.37. The summed E-state index contributed by atoms with van der Waals surface area (Å²) < 4.78 is 5.29. The van der Waals surface area contributed by atoms with Crippen molar-refractivity contribution in [3.05, 3.63) is 35.5 Å². The molecule has 0 atom stereocenters.